The standard InChI is InChI=1S/C19H28N2O6/c1-12(2)5-4-6-13(3)8-10-26-19-20-15(23)7-9-21(19)18-17(25)16(24)14(11-22)27-18/h5,7-9,14,16-18,22,24-25H,4,6,10-11H2,1-3H3/b13-8+/t14-,16-,17-,18-/m1/s1. The van der Waals surface area contributed by atoms with Crippen molar-refractivity contribution in [3.05, 3.63) is 45.9 Å². The molecule has 0 spiro atoms. The Morgan fingerprint density at radius 2 is 2.04 bits per heavy atom. The smallest absolute Gasteiger partial charge is 0.302 e. The highest BCUT2D eigenvalue weighted by Gasteiger charge is 2.44. The molecule has 2 rings (SSSR count). The second-order valence-corrected chi connectivity index (χ2v) is 6.87. The first kappa shape index (κ1) is 21.3. The molecule has 1 fully saturated rings. The highest BCUT2D eigenvalue weighted by molar-refractivity contribution is 5.06. The molecule has 4 atom stereocenters. The van der Waals surface area contributed by atoms with Gasteiger partial charge in [0.15, 0.2) is 6.23 Å². The Bertz CT molecular complexity index is 738. The Balaban J connectivity index is 2.08. The molecule has 27 heavy (non-hydrogen) atoms. The van der Waals surface area contributed by atoms with Crippen LogP contribution in [0.4, 0.5) is 0 Å². The van der Waals surface area contributed by atoms with Crippen LogP contribution in [-0.2, 0) is 4.74 Å². The molecule has 2 heterocycles. The summed E-state index contributed by atoms with van der Waals surface area (Å²) in [5.74, 6) is 0. The summed E-state index contributed by atoms with van der Waals surface area (Å²) >= 11 is 0. The summed E-state index contributed by atoms with van der Waals surface area (Å²) in [4.78, 5) is 15.4. The predicted molar refractivity (Wildman–Crippen MR) is 99.4 cm³/mol. The summed E-state index contributed by atoms with van der Waals surface area (Å²) < 4.78 is 12.4. The number of aliphatic hydroxyl groups is 3. The van der Waals surface area contributed by atoms with E-state index in [1.54, 1.807) is 0 Å². The molecular weight excluding hydrogens is 352 g/mol. The summed E-state index contributed by atoms with van der Waals surface area (Å²) in [6, 6.07) is 1.19. The Morgan fingerprint density at radius 1 is 1.30 bits per heavy atom. The van der Waals surface area contributed by atoms with E-state index in [-0.39, 0.29) is 12.6 Å². The monoisotopic (exact) mass is 380 g/mol. The Morgan fingerprint density at radius 3 is 2.67 bits per heavy atom. The first-order valence-electron chi connectivity index (χ1n) is 8.97. The van der Waals surface area contributed by atoms with Gasteiger partial charge in [0.1, 0.15) is 24.9 Å². The minimum atomic E-state index is -1.28. The minimum Gasteiger partial charge on any atom is -0.460 e. The zero-order valence-electron chi connectivity index (χ0n) is 15.9. The van der Waals surface area contributed by atoms with E-state index in [0.717, 1.165) is 18.4 Å². The highest BCUT2D eigenvalue weighted by Crippen LogP contribution is 2.31. The van der Waals surface area contributed by atoms with Gasteiger partial charge >= 0.3 is 6.01 Å². The van der Waals surface area contributed by atoms with Gasteiger partial charge in [-0.3, -0.25) is 9.36 Å². The fraction of sp³-hybridized carbons (Fsp3) is 0.579. The molecule has 0 unspecified atom stereocenters. The number of hydrogen-bond donors (Lipinski definition) is 3. The molecule has 0 amide bonds. The maximum atomic E-state index is 11.6. The Kier molecular flexibility index (Phi) is 7.73. The van der Waals surface area contributed by atoms with Crippen molar-refractivity contribution >= 4 is 0 Å². The molecule has 0 bridgehead atoms. The summed E-state index contributed by atoms with van der Waals surface area (Å²) in [6.45, 7) is 5.87. The molecule has 1 aliphatic rings. The molecule has 1 saturated heterocycles. The average molecular weight is 380 g/mol. The summed E-state index contributed by atoms with van der Waals surface area (Å²) in [5.41, 5.74) is 1.93. The quantitative estimate of drug-likeness (QED) is 0.575. The van der Waals surface area contributed by atoms with E-state index in [0.29, 0.717) is 0 Å². The summed E-state index contributed by atoms with van der Waals surface area (Å²) in [6.07, 6.45) is 2.84. The normalized spacial score (nSPS) is 25.5. The SMILES string of the molecule is CC(C)=CCC/C(C)=C/COc1nc(=O)ccn1[C@@H]1O[C@H](CO)[C@@H](O)[C@H]1O. The molecule has 1 aromatic rings. The van der Waals surface area contributed by atoms with Gasteiger partial charge in [-0.2, -0.15) is 4.98 Å². The van der Waals surface area contributed by atoms with Gasteiger partial charge in [0.05, 0.1) is 6.61 Å². The van der Waals surface area contributed by atoms with E-state index in [1.807, 2.05) is 13.0 Å². The predicted octanol–water partition coefficient (Wildman–Crippen LogP) is 0.926. The molecule has 1 aliphatic heterocycles. The van der Waals surface area contributed by atoms with E-state index >= 15 is 0 Å². The molecule has 0 radical (unpaired) electrons. The van der Waals surface area contributed by atoms with Crippen molar-refractivity contribution in [3.8, 4) is 6.01 Å². The van der Waals surface area contributed by atoms with Crippen molar-refractivity contribution in [2.24, 2.45) is 0 Å². The van der Waals surface area contributed by atoms with Gasteiger partial charge in [-0.1, -0.05) is 17.2 Å². The Labute approximate surface area is 158 Å². The van der Waals surface area contributed by atoms with Crippen molar-refractivity contribution < 1.29 is 24.8 Å². The molecule has 8 heteroatoms. The molecule has 1 aromatic heterocycles. The zero-order valence-corrected chi connectivity index (χ0v) is 15.9. The number of allylic oxidation sites excluding steroid dienone is 3. The number of nitrogens with zero attached hydrogens (tertiary/aromatic N) is 2. The largest absolute Gasteiger partial charge is 0.460 e. The first-order valence-corrected chi connectivity index (χ1v) is 8.97. The second kappa shape index (κ2) is 9.80. The van der Waals surface area contributed by atoms with E-state index < -0.39 is 36.7 Å². The highest BCUT2D eigenvalue weighted by atomic mass is 16.6. The van der Waals surface area contributed by atoms with Gasteiger partial charge < -0.3 is 24.8 Å². The lowest BCUT2D eigenvalue weighted by atomic mass is 10.1. The molecule has 3 N–H and O–H groups in total. The number of hydrogen-bond acceptors (Lipinski definition) is 7. The van der Waals surface area contributed by atoms with Crippen LogP contribution in [0.2, 0.25) is 0 Å². The maximum absolute atomic E-state index is 11.6. The van der Waals surface area contributed by atoms with Crippen molar-refractivity contribution in [1.29, 1.82) is 0 Å². The summed E-state index contributed by atoms with van der Waals surface area (Å²) in [7, 11) is 0. The van der Waals surface area contributed by atoms with Crippen LogP contribution in [0.1, 0.15) is 39.8 Å². The van der Waals surface area contributed by atoms with Crippen LogP contribution in [-0.4, -0.2) is 56.4 Å². The Hall–Kier alpha value is -2.00. The molecule has 0 saturated carbocycles. The van der Waals surface area contributed by atoms with E-state index in [9.17, 15) is 20.1 Å². The fourth-order valence-corrected chi connectivity index (χ4v) is 2.76. The lowest BCUT2D eigenvalue weighted by molar-refractivity contribution is -0.0567. The number of ether oxygens (including phenoxy) is 2. The molecule has 150 valence electrons. The van der Waals surface area contributed by atoms with E-state index in [4.69, 9.17) is 9.47 Å². The van der Waals surface area contributed by atoms with Crippen LogP contribution in [0.5, 0.6) is 6.01 Å². The third-order valence-corrected chi connectivity index (χ3v) is 4.33. The fourth-order valence-electron chi connectivity index (χ4n) is 2.76. The molecule has 0 aromatic carbocycles. The third kappa shape index (κ3) is 5.74. The number of aromatic nitrogens is 2. The van der Waals surface area contributed by atoms with Crippen LogP contribution in [0.25, 0.3) is 0 Å². The maximum Gasteiger partial charge on any atom is 0.302 e. The summed E-state index contributed by atoms with van der Waals surface area (Å²) in [5, 5.41) is 29.3. The lowest BCUT2D eigenvalue weighted by Crippen LogP contribution is -2.33. The first-order chi connectivity index (χ1) is 12.8. The van der Waals surface area contributed by atoms with Gasteiger partial charge in [-0.25, -0.2) is 0 Å². The average Bonchev–Trinajstić information content (AvgIpc) is 2.90. The van der Waals surface area contributed by atoms with Crippen molar-refractivity contribution in [2.45, 2.75) is 58.2 Å². The van der Waals surface area contributed by atoms with Gasteiger partial charge in [0.25, 0.3) is 5.56 Å². The van der Waals surface area contributed by atoms with Gasteiger partial charge in [-0.05, 0) is 39.7 Å². The number of aliphatic hydroxyl groups excluding tert-OH is 3. The van der Waals surface area contributed by atoms with Crippen molar-refractivity contribution in [2.75, 3.05) is 13.2 Å². The van der Waals surface area contributed by atoms with Crippen LogP contribution in [0.3, 0.4) is 0 Å². The van der Waals surface area contributed by atoms with Gasteiger partial charge in [-0.15, -0.1) is 0 Å². The van der Waals surface area contributed by atoms with Gasteiger partial charge in [0.2, 0.25) is 0 Å². The lowest BCUT2D eigenvalue weighted by Gasteiger charge is -2.20. The van der Waals surface area contributed by atoms with Crippen LogP contribution in [0, 0.1) is 0 Å². The van der Waals surface area contributed by atoms with Crippen LogP contribution in [0.15, 0.2) is 40.4 Å². The third-order valence-electron chi connectivity index (χ3n) is 4.33. The van der Waals surface area contributed by atoms with Crippen LogP contribution < -0.4 is 10.3 Å². The molecular formula is C19H28N2O6. The van der Waals surface area contributed by atoms with Crippen LogP contribution >= 0.6 is 0 Å². The van der Waals surface area contributed by atoms with E-state index in [1.165, 1.54) is 22.4 Å². The van der Waals surface area contributed by atoms with Crippen molar-refractivity contribution in [3.63, 3.8) is 0 Å². The minimum absolute atomic E-state index is 0.0225. The molecule has 8 nitrogen and oxygen atoms in total. The van der Waals surface area contributed by atoms with E-state index in [2.05, 4.69) is 24.9 Å². The van der Waals surface area contributed by atoms with Gasteiger partial charge in [0, 0.05) is 12.3 Å². The topological polar surface area (TPSA) is 114 Å². The molecule has 0 aliphatic carbocycles. The van der Waals surface area contributed by atoms with Crippen molar-refractivity contribution in [1.82, 2.24) is 9.55 Å². The second-order valence-electron chi connectivity index (χ2n) is 6.87. The number of rotatable bonds is 8. The zero-order chi connectivity index (χ0) is 20.0.